The number of aliphatic hydroxyl groups excluding tert-OH is 1. The zero-order valence-corrected chi connectivity index (χ0v) is 11.1. The van der Waals surface area contributed by atoms with Gasteiger partial charge in [0.15, 0.2) is 11.5 Å². The van der Waals surface area contributed by atoms with Gasteiger partial charge < -0.3 is 19.0 Å². The molecule has 100 valence electrons. The number of rotatable bonds is 2. The molecule has 0 spiro atoms. The van der Waals surface area contributed by atoms with E-state index >= 15 is 0 Å². The first kappa shape index (κ1) is 12.4. The van der Waals surface area contributed by atoms with Gasteiger partial charge in [0.1, 0.15) is 30.8 Å². The van der Waals surface area contributed by atoms with Crippen LogP contribution in [0.2, 0.25) is 5.02 Å². The quantitative estimate of drug-likeness (QED) is 0.918. The largest absolute Gasteiger partial charge is 0.486 e. The first-order chi connectivity index (χ1) is 9.15. The summed E-state index contributed by atoms with van der Waals surface area (Å²) in [7, 11) is 0. The SMILES string of the molecule is Cc1ccc(C(O)c2cc3c(cc2Cl)OCCO3)o1. The molecule has 0 radical (unpaired) electrons. The second kappa shape index (κ2) is 4.79. The Kier molecular flexibility index (Phi) is 3.12. The number of furan rings is 1. The van der Waals surface area contributed by atoms with Gasteiger partial charge in [-0.3, -0.25) is 0 Å². The molecule has 3 rings (SSSR count). The molecule has 1 unspecified atom stereocenters. The second-order valence-electron chi connectivity index (χ2n) is 4.37. The van der Waals surface area contributed by atoms with Crippen LogP contribution in [0.1, 0.15) is 23.2 Å². The summed E-state index contributed by atoms with van der Waals surface area (Å²) in [5.74, 6) is 2.38. The van der Waals surface area contributed by atoms with Gasteiger partial charge in [-0.05, 0) is 25.1 Å². The van der Waals surface area contributed by atoms with Crippen molar-refractivity contribution in [3.8, 4) is 11.5 Å². The van der Waals surface area contributed by atoms with Crippen LogP contribution in [0.25, 0.3) is 0 Å². The topological polar surface area (TPSA) is 51.8 Å². The van der Waals surface area contributed by atoms with Gasteiger partial charge in [-0.15, -0.1) is 0 Å². The van der Waals surface area contributed by atoms with E-state index in [1.165, 1.54) is 0 Å². The smallest absolute Gasteiger partial charge is 0.162 e. The molecule has 1 aliphatic heterocycles. The molecule has 1 aliphatic rings. The van der Waals surface area contributed by atoms with Gasteiger partial charge >= 0.3 is 0 Å². The molecule has 1 atom stereocenters. The highest BCUT2D eigenvalue weighted by Crippen LogP contribution is 2.39. The van der Waals surface area contributed by atoms with Crippen LogP contribution in [-0.2, 0) is 0 Å². The standard InChI is InChI=1S/C14H13ClO4/c1-8-2-3-11(19-8)14(16)9-6-12-13(7-10(9)15)18-5-4-17-12/h2-3,6-7,14,16H,4-5H2,1H3. The lowest BCUT2D eigenvalue weighted by Gasteiger charge is -2.20. The Balaban J connectivity index is 2.00. The third kappa shape index (κ3) is 2.29. The minimum atomic E-state index is -0.919. The third-order valence-electron chi connectivity index (χ3n) is 2.99. The lowest BCUT2D eigenvalue weighted by molar-refractivity contribution is 0.167. The van der Waals surface area contributed by atoms with Crippen molar-refractivity contribution >= 4 is 11.6 Å². The predicted molar refractivity (Wildman–Crippen MR) is 69.9 cm³/mol. The summed E-state index contributed by atoms with van der Waals surface area (Å²) in [5.41, 5.74) is 0.542. The molecule has 19 heavy (non-hydrogen) atoms. The lowest BCUT2D eigenvalue weighted by atomic mass is 10.1. The molecule has 0 aliphatic carbocycles. The number of fused-ring (bicyclic) bond motifs is 1. The molecule has 0 saturated carbocycles. The van der Waals surface area contributed by atoms with Crippen molar-refractivity contribution in [3.05, 3.63) is 46.4 Å². The van der Waals surface area contributed by atoms with Crippen LogP contribution in [0.4, 0.5) is 0 Å². The average Bonchev–Trinajstić information content (AvgIpc) is 2.84. The lowest BCUT2D eigenvalue weighted by Crippen LogP contribution is -2.16. The Bertz CT molecular complexity index is 605. The molecule has 1 aromatic carbocycles. The molecular formula is C14H13ClO4. The molecule has 0 bridgehead atoms. The number of ether oxygens (including phenoxy) is 2. The zero-order valence-electron chi connectivity index (χ0n) is 10.4. The highest BCUT2D eigenvalue weighted by atomic mass is 35.5. The summed E-state index contributed by atoms with van der Waals surface area (Å²) in [6.07, 6.45) is -0.919. The number of hydrogen-bond donors (Lipinski definition) is 1. The van der Waals surface area contributed by atoms with Crippen molar-refractivity contribution in [3.63, 3.8) is 0 Å². The van der Waals surface area contributed by atoms with Gasteiger partial charge in [0.05, 0.1) is 5.02 Å². The van der Waals surface area contributed by atoms with Gasteiger partial charge in [0.2, 0.25) is 0 Å². The van der Waals surface area contributed by atoms with E-state index in [-0.39, 0.29) is 0 Å². The molecular weight excluding hydrogens is 268 g/mol. The second-order valence-corrected chi connectivity index (χ2v) is 4.78. The fraction of sp³-hybridized carbons (Fsp3) is 0.286. The van der Waals surface area contributed by atoms with Crippen molar-refractivity contribution in [1.82, 2.24) is 0 Å². The number of aliphatic hydroxyl groups is 1. The number of aryl methyl sites for hydroxylation is 1. The first-order valence-corrected chi connectivity index (χ1v) is 6.36. The molecule has 4 nitrogen and oxygen atoms in total. The molecule has 1 N–H and O–H groups in total. The summed E-state index contributed by atoms with van der Waals surface area (Å²) < 4.78 is 16.3. The predicted octanol–water partition coefficient (Wildman–Crippen LogP) is 3.09. The van der Waals surface area contributed by atoms with Gasteiger partial charge in [0, 0.05) is 11.6 Å². The Morgan fingerprint density at radius 1 is 1.16 bits per heavy atom. The minimum Gasteiger partial charge on any atom is -0.486 e. The van der Waals surface area contributed by atoms with Crippen LogP contribution in [0.5, 0.6) is 11.5 Å². The van der Waals surface area contributed by atoms with E-state index in [9.17, 15) is 5.11 Å². The van der Waals surface area contributed by atoms with E-state index in [4.69, 9.17) is 25.5 Å². The van der Waals surface area contributed by atoms with Crippen molar-refractivity contribution in [2.24, 2.45) is 0 Å². The Hall–Kier alpha value is -1.65. The summed E-state index contributed by atoms with van der Waals surface area (Å²) in [6, 6.07) is 6.88. The van der Waals surface area contributed by atoms with Crippen LogP contribution in [0.3, 0.4) is 0 Å². The van der Waals surface area contributed by atoms with E-state index in [1.807, 2.05) is 6.92 Å². The molecule has 0 saturated heterocycles. The van der Waals surface area contributed by atoms with Gasteiger partial charge in [-0.2, -0.15) is 0 Å². The Morgan fingerprint density at radius 3 is 2.47 bits per heavy atom. The maximum absolute atomic E-state index is 10.3. The summed E-state index contributed by atoms with van der Waals surface area (Å²) in [5, 5.41) is 10.7. The molecule has 0 amide bonds. The fourth-order valence-electron chi connectivity index (χ4n) is 2.04. The Morgan fingerprint density at radius 2 is 1.84 bits per heavy atom. The average molecular weight is 281 g/mol. The molecule has 5 heteroatoms. The summed E-state index contributed by atoms with van der Waals surface area (Å²) in [4.78, 5) is 0. The number of halogens is 1. The van der Waals surface area contributed by atoms with Gasteiger partial charge in [-0.25, -0.2) is 0 Å². The van der Waals surface area contributed by atoms with Crippen molar-refractivity contribution < 1.29 is 19.0 Å². The number of hydrogen-bond acceptors (Lipinski definition) is 4. The summed E-state index contributed by atoms with van der Waals surface area (Å²) in [6.45, 7) is 2.81. The molecule has 1 aromatic heterocycles. The minimum absolute atomic E-state index is 0.422. The third-order valence-corrected chi connectivity index (χ3v) is 3.31. The van der Waals surface area contributed by atoms with Gasteiger partial charge in [-0.1, -0.05) is 11.6 Å². The van der Waals surface area contributed by atoms with E-state index in [0.717, 1.165) is 5.76 Å². The van der Waals surface area contributed by atoms with Crippen molar-refractivity contribution in [1.29, 1.82) is 0 Å². The van der Waals surface area contributed by atoms with Crippen LogP contribution < -0.4 is 9.47 Å². The van der Waals surface area contributed by atoms with Crippen molar-refractivity contribution in [2.75, 3.05) is 13.2 Å². The first-order valence-electron chi connectivity index (χ1n) is 5.98. The number of benzene rings is 1. The fourth-order valence-corrected chi connectivity index (χ4v) is 2.30. The van der Waals surface area contributed by atoms with Crippen LogP contribution in [0, 0.1) is 6.92 Å². The molecule has 2 heterocycles. The van der Waals surface area contributed by atoms with Crippen LogP contribution in [0.15, 0.2) is 28.7 Å². The zero-order chi connectivity index (χ0) is 13.4. The van der Waals surface area contributed by atoms with E-state index < -0.39 is 6.10 Å². The van der Waals surface area contributed by atoms with E-state index in [0.29, 0.717) is 41.1 Å². The molecule has 2 aromatic rings. The maximum atomic E-state index is 10.3. The van der Waals surface area contributed by atoms with Gasteiger partial charge in [0.25, 0.3) is 0 Å². The van der Waals surface area contributed by atoms with E-state index in [1.54, 1.807) is 24.3 Å². The normalized spacial score (nSPS) is 15.3. The maximum Gasteiger partial charge on any atom is 0.162 e. The van der Waals surface area contributed by atoms with E-state index in [2.05, 4.69) is 0 Å². The summed E-state index contributed by atoms with van der Waals surface area (Å²) >= 11 is 6.18. The highest BCUT2D eigenvalue weighted by molar-refractivity contribution is 6.31. The Labute approximate surface area is 115 Å². The molecule has 0 fully saturated rings. The van der Waals surface area contributed by atoms with Crippen molar-refractivity contribution in [2.45, 2.75) is 13.0 Å². The van der Waals surface area contributed by atoms with Crippen LogP contribution in [-0.4, -0.2) is 18.3 Å². The highest BCUT2D eigenvalue weighted by Gasteiger charge is 2.22. The monoisotopic (exact) mass is 280 g/mol. The van der Waals surface area contributed by atoms with Crippen LogP contribution >= 0.6 is 11.6 Å².